The molecule has 1 saturated carbocycles. The van der Waals surface area contributed by atoms with Gasteiger partial charge in [-0.25, -0.2) is 0 Å². The maximum atomic E-state index is 12.3. The third kappa shape index (κ3) is 2.04. The van der Waals surface area contributed by atoms with Crippen LogP contribution < -0.4 is 5.32 Å². The number of rotatable bonds is 2. The summed E-state index contributed by atoms with van der Waals surface area (Å²) in [6.07, 6.45) is 5.69. The molecule has 2 rings (SSSR count). The van der Waals surface area contributed by atoms with Gasteiger partial charge in [0.1, 0.15) is 11.6 Å². The van der Waals surface area contributed by atoms with Gasteiger partial charge in [-0.3, -0.25) is 9.59 Å². The second-order valence-electron chi connectivity index (χ2n) is 5.66. The summed E-state index contributed by atoms with van der Waals surface area (Å²) in [5.41, 5.74) is 0.602. The van der Waals surface area contributed by atoms with Crippen LogP contribution in [0, 0.1) is 0 Å². The maximum Gasteiger partial charge on any atom is 0.246 e. The molecule has 2 amide bonds. The Balaban J connectivity index is 2.30. The van der Waals surface area contributed by atoms with Crippen LogP contribution in [0.2, 0.25) is 0 Å². The Bertz CT molecular complexity index is 391. The highest BCUT2D eigenvalue weighted by atomic mass is 16.2. The van der Waals surface area contributed by atoms with Crippen molar-refractivity contribution >= 4 is 11.8 Å². The number of hydrogen-bond acceptors (Lipinski definition) is 2. The van der Waals surface area contributed by atoms with Crippen LogP contribution in [-0.4, -0.2) is 34.8 Å². The predicted molar refractivity (Wildman–Crippen MR) is 69.9 cm³/mol. The summed E-state index contributed by atoms with van der Waals surface area (Å²) >= 11 is 0. The first-order valence-electron chi connectivity index (χ1n) is 6.73. The standard InChI is InChI=1S/C14H22N2O2/c1-10(2)6-9-16-12(17)11(3)15-13(18)14(16)7-4-5-8-14/h6,11H,4-5,7-9H2,1-3H3,(H,15,18). The average molecular weight is 250 g/mol. The monoisotopic (exact) mass is 250 g/mol. The van der Waals surface area contributed by atoms with E-state index in [0.717, 1.165) is 25.7 Å². The van der Waals surface area contributed by atoms with Crippen LogP contribution in [0.5, 0.6) is 0 Å². The number of carbonyl (C=O) groups is 2. The number of carbonyl (C=O) groups excluding carboxylic acids is 2. The van der Waals surface area contributed by atoms with Crippen LogP contribution in [0.4, 0.5) is 0 Å². The van der Waals surface area contributed by atoms with Gasteiger partial charge in [0.15, 0.2) is 0 Å². The fraction of sp³-hybridized carbons (Fsp3) is 0.714. The lowest BCUT2D eigenvalue weighted by Gasteiger charge is -2.45. The number of nitrogens with zero attached hydrogens (tertiary/aromatic N) is 1. The second-order valence-corrected chi connectivity index (χ2v) is 5.66. The normalized spacial score (nSPS) is 26.4. The molecule has 2 fully saturated rings. The fourth-order valence-corrected chi connectivity index (χ4v) is 2.96. The minimum Gasteiger partial charge on any atom is -0.343 e. The lowest BCUT2D eigenvalue weighted by molar-refractivity contribution is -0.155. The van der Waals surface area contributed by atoms with E-state index in [2.05, 4.69) is 5.32 Å². The summed E-state index contributed by atoms with van der Waals surface area (Å²) < 4.78 is 0. The van der Waals surface area contributed by atoms with Gasteiger partial charge in [-0.05, 0) is 33.6 Å². The van der Waals surface area contributed by atoms with Crippen LogP contribution in [-0.2, 0) is 9.59 Å². The minimum atomic E-state index is -0.574. The van der Waals surface area contributed by atoms with Gasteiger partial charge < -0.3 is 10.2 Å². The molecule has 100 valence electrons. The largest absolute Gasteiger partial charge is 0.343 e. The number of hydrogen-bond donors (Lipinski definition) is 1. The van der Waals surface area contributed by atoms with Crippen molar-refractivity contribution in [3.63, 3.8) is 0 Å². The van der Waals surface area contributed by atoms with Crippen molar-refractivity contribution in [2.75, 3.05) is 6.54 Å². The molecule has 2 aliphatic rings. The molecule has 1 saturated heterocycles. The highest BCUT2D eigenvalue weighted by molar-refractivity contribution is 5.99. The summed E-state index contributed by atoms with van der Waals surface area (Å²) in [6.45, 7) is 6.34. The highest BCUT2D eigenvalue weighted by Crippen LogP contribution is 2.38. The van der Waals surface area contributed by atoms with Crippen LogP contribution in [0.1, 0.15) is 46.5 Å². The smallest absolute Gasteiger partial charge is 0.246 e. The van der Waals surface area contributed by atoms with Gasteiger partial charge in [-0.2, -0.15) is 0 Å². The van der Waals surface area contributed by atoms with E-state index in [1.807, 2.05) is 19.9 Å². The first-order valence-corrected chi connectivity index (χ1v) is 6.73. The number of piperazine rings is 1. The molecule has 1 N–H and O–H groups in total. The Morgan fingerprint density at radius 3 is 2.56 bits per heavy atom. The molecule has 18 heavy (non-hydrogen) atoms. The minimum absolute atomic E-state index is 0.0363. The molecule has 0 radical (unpaired) electrons. The zero-order valence-corrected chi connectivity index (χ0v) is 11.5. The van der Waals surface area contributed by atoms with E-state index in [4.69, 9.17) is 0 Å². The topological polar surface area (TPSA) is 49.4 Å². The number of amides is 2. The summed E-state index contributed by atoms with van der Waals surface area (Å²) in [5, 5.41) is 2.83. The zero-order chi connectivity index (χ0) is 13.3. The molecule has 1 aliphatic heterocycles. The van der Waals surface area contributed by atoms with Crippen molar-refractivity contribution in [3.8, 4) is 0 Å². The van der Waals surface area contributed by atoms with Gasteiger partial charge in [-0.1, -0.05) is 24.5 Å². The fourth-order valence-electron chi connectivity index (χ4n) is 2.96. The molecule has 4 nitrogen and oxygen atoms in total. The van der Waals surface area contributed by atoms with Crippen LogP contribution in [0.15, 0.2) is 11.6 Å². The first-order chi connectivity index (χ1) is 8.47. The molecule has 0 aromatic rings. The van der Waals surface area contributed by atoms with E-state index in [9.17, 15) is 9.59 Å². The molecule has 1 atom stereocenters. The van der Waals surface area contributed by atoms with Crippen LogP contribution in [0.25, 0.3) is 0 Å². The third-order valence-electron chi connectivity index (χ3n) is 4.04. The average Bonchev–Trinajstić information content (AvgIpc) is 2.77. The summed E-state index contributed by atoms with van der Waals surface area (Å²) in [4.78, 5) is 26.4. The molecule has 4 heteroatoms. The van der Waals surface area contributed by atoms with E-state index in [0.29, 0.717) is 6.54 Å². The Labute approximate surface area is 108 Å². The van der Waals surface area contributed by atoms with Crippen LogP contribution in [0.3, 0.4) is 0 Å². The molecular formula is C14H22N2O2. The Kier molecular flexibility index (Phi) is 3.46. The van der Waals surface area contributed by atoms with Gasteiger partial charge in [-0.15, -0.1) is 0 Å². The molecule has 1 unspecified atom stereocenters. The van der Waals surface area contributed by atoms with E-state index >= 15 is 0 Å². The number of nitrogens with one attached hydrogen (secondary N) is 1. The van der Waals surface area contributed by atoms with E-state index in [-0.39, 0.29) is 11.8 Å². The summed E-state index contributed by atoms with van der Waals surface area (Å²) in [5.74, 6) is 0.0863. The SMILES string of the molecule is CC(C)=CCN1C(=O)C(C)NC(=O)C12CCCC2. The Morgan fingerprint density at radius 2 is 2.00 bits per heavy atom. The lowest BCUT2D eigenvalue weighted by Crippen LogP contribution is -2.69. The van der Waals surface area contributed by atoms with Crippen molar-refractivity contribution in [1.82, 2.24) is 10.2 Å². The highest BCUT2D eigenvalue weighted by Gasteiger charge is 2.52. The third-order valence-corrected chi connectivity index (χ3v) is 4.04. The van der Waals surface area contributed by atoms with Gasteiger partial charge in [0.2, 0.25) is 11.8 Å². The van der Waals surface area contributed by atoms with Gasteiger partial charge >= 0.3 is 0 Å². The van der Waals surface area contributed by atoms with Gasteiger partial charge in [0, 0.05) is 6.54 Å². The lowest BCUT2D eigenvalue weighted by atomic mass is 9.89. The maximum absolute atomic E-state index is 12.3. The van der Waals surface area contributed by atoms with Crippen LogP contribution >= 0.6 is 0 Å². The first kappa shape index (κ1) is 13.1. The molecule has 1 spiro atoms. The molecule has 0 aromatic carbocycles. The van der Waals surface area contributed by atoms with Gasteiger partial charge in [0.05, 0.1) is 0 Å². The molecule has 1 heterocycles. The van der Waals surface area contributed by atoms with Crippen molar-refractivity contribution in [2.24, 2.45) is 0 Å². The van der Waals surface area contributed by atoms with Crippen molar-refractivity contribution in [1.29, 1.82) is 0 Å². The van der Waals surface area contributed by atoms with Crippen molar-refractivity contribution in [3.05, 3.63) is 11.6 Å². The van der Waals surface area contributed by atoms with E-state index < -0.39 is 11.6 Å². The zero-order valence-electron chi connectivity index (χ0n) is 11.5. The summed E-state index contributed by atoms with van der Waals surface area (Å²) in [6, 6.07) is -0.394. The summed E-state index contributed by atoms with van der Waals surface area (Å²) in [7, 11) is 0. The quantitative estimate of drug-likeness (QED) is 0.757. The Morgan fingerprint density at radius 1 is 1.39 bits per heavy atom. The second kappa shape index (κ2) is 4.75. The Hall–Kier alpha value is -1.32. The van der Waals surface area contributed by atoms with Crippen molar-refractivity contribution in [2.45, 2.75) is 58.0 Å². The molecular weight excluding hydrogens is 228 g/mol. The van der Waals surface area contributed by atoms with Gasteiger partial charge in [0.25, 0.3) is 0 Å². The van der Waals surface area contributed by atoms with E-state index in [1.54, 1.807) is 11.8 Å². The van der Waals surface area contributed by atoms with E-state index in [1.165, 1.54) is 5.57 Å². The van der Waals surface area contributed by atoms with Crippen molar-refractivity contribution < 1.29 is 9.59 Å². The molecule has 0 aromatic heterocycles. The predicted octanol–water partition coefficient (Wildman–Crippen LogP) is 1.61. The molecule has 0 bridgehead atoms. The molecule has 1 aliphatic carbocycles. The number of allylic oxidation sites excluding steroid dienone is 1.